The SMILES string of the molecule is O=C(O)C(F)(F)F.c1ccc2c(c1)Oc1cc(-c3nnn[nH]3)ccc1[C]2Cc1ccoc1. The van der Waals surface area contributed by atoms with E-state index in [9.17, 15) is 13.2 Å². The second kappa shape index (κ2) is 8.53. The van der Waals surface area contributed by atoms with Gasteiger partial charge in [-0.25, -0.2) is 9.89 Å². The molecule has 1 aliphatic rings. The number of alkyl halides is 3. The minimum absolute atomic E-state index is 0.613. The van der Waals surface area contributed by atoms with Crippen LogP contribution < -0.4 is 4.74 Å². The highest BCUT2D eigenvalue weighted by Gasteiger charge is 2.38. The number of rotatable bonds is 3. The minimum Gasteiger partial charge on any atom is -0.475 e. The summed E-state index contributed by atoms with van der Waals surface area (Å²) in [5.41, 5.74) is 4.17. The van der Waals surface area contributed by atoms with Gasteiger partial charge in [-0.2, -0.15) is 13.2 Å². The first-order valence-electron chi connectivity index (χ1n) is 9.15. The number of aromatic amines is 1. The van der Waals surface area contributed by atoms with E-state index < -0.39 is 12.1 Å². The van der Waals surface area contributed by atoms with Crippen molar-refractivity contribution in [1.29, 1.82) is 0 Å². The Hall–Kier alpha value is -4.15. The molecule has 3 heterocycles. The number of nitrogens with zero attached hydrogens (tertiary/aromatic N) is 3. The zero-order valence-electron chi connectivity index (χ0n) is 16.1. The molecule has 163 valence electrons. The molecule has 5 rings (SSSR count). The highest BCUT2D eigenvalue weighted by Crippen LogP contribution is 2.45. The molecule has 0 atom stereocenters. The Labute approximate surface area is 178 Å². The lowest BCUT2D eigenvalue weighted by molar-refractivity contribution is -0.192. The Morgan fingerprint density at radius 2 is 1.81 bits per heavy atom. The average molecular weight is 443 g/mol. The fourth-order valence-electron chi connectivity index (χ4n) is 3.14. The summed E-state index contributed by atoms with van der Waals surface area (Å²) in [5.74, 6) is 0.710. The Balaban J connectivity index is 0.000000307. The van der Waals surface area contributed by atoms with Gasteiger partial charge in [-0.3, -0.25) is 0 Å². The molecule has 4 aromatic rings. The van der Waals surface area contributed by atoms with Crippen molar-refractivity contribution in [3.8, 4) is 22.9 Å². The molecular formula is C21H14F3N4O4. The number of para-hydroxylation sites is 1. The number of tetrazole rings is 1. The minimum atomic E-state index is -5.08. The van der Waals surface area contributed by atoms with E-state index in [-0.39, 0.29) is 0 Å². The van der Waals surface area contributed by atoms with Gasteiger partial charge in [0, 0.05) is 22.6 Å². The number of halogens is 3. The molecule has 1 radical (unpaired) electrons. The van der Waals surface area contributed by atoms with Crippen molar-refractivity contribution < 1.29 is 32.2 Å². The number of H-pyrrole nitrogens is 1. The summed E-state index contributed by atoms with van der Waals surface area (Å²) in [7, 11) is 0. The number of fused-ring (bicyclic) bond motifs is 2. The molecule has 0 bridgehead atoms. The highest BCUT2D eigenvalue weighted by molar-refractivity contribution is 5.73. The van der Waals surface area contributed by atoms with Crippen molar-refractivity contribution in [3.05, 3.63) is 83.7 Å². The first-order valence-corrected chi connectivity index (χ1v) is 9.15. The van der Waals surface area contributed by atoms with Crippen LogP contribution >= 0.6 is 0 Å². The lowest BCUT2D eigenvalue weighted by Crippen LogP contribution is -2.21. The molecule has 2 N–H and O–H groups in total. The van der Waals surface area contributed by atoms with E-state index in [4.69, 9.17) is 19.1 Å². The number of aromatic nitrogens is 4. The van der Waals surface area contributed by atoms with Crippen molar-refractivity contribution >= 4 is 5.97 Å². The van der Waals surface area contributed by atoms with Crippen LogP contribution in [0, 0.1) is 5.92 Å². The van der Waals surface area contributed by atoms with E-state index in [0.29, 0.717) is 5.82 Å². The quantitative estimate of drug-likeness (QED) is 0.482. The molecule has 0 spiro atoms. The van der Waals surface area contributed by atoms with Crippen LogP contribution in [0.4, 0.5) is 13.2 Å². The second-order valence-corrected chi connectivity index (χ2v) is 6.65. The number of hydrogen-bond acceptors (Lipinski definition) is 6. The second-order valence-electron chi connectivity index (χ2n) is 6.65. The monoisotopic (exact) mass is 443 g/mol. The van der Waals surface area contributed by atoms with Crippen LogP contribution in [0.2, 0.25) is 0 Å². The number of carbonyl (C=O) groups is 1. The maximum Gasteiger partial charge on any atom is 0.490 e. The van der Waals surface area contributed by atoms with E-state index >= 15 is 0 Å². The van der Waals surface area contributed by atoms with Crippen LogP contribution in [-0.2, 0) is 11.2 Å². The smallest absolute Gasteiger partial charge is 0.475 e. The van der Waals surface area contributed by atoms with Gasteiger partial charge in [-0.05, 0) is 40.6 Å². The number of ether oxygens (including phenoxy) is 1. The van der Waals surface area contributed by atoms with Gasteiger partial charge in [0.05, 0.1) is 12.5 Å². The molecular weight excluding hydrogens is 429 g/mol. The van der Waals surface area contributed by atoms with Gasteiger partial charge in [0.1, 0.15) is 11.5 Å². The van der Waals surface area contributed by atoms with E-state index in [2.05, 4.69) is 32.8 Å². The van der Waals surface area contributed by atoms with Crippen LogP contribution in [0.15, 0.2) is 65.5 Å². The summed E-state index contributed by atoms with van der Waals surface area (Å²) in [6, 6.07) is 16.1. The summed E-state index contributed by atoms with van der Waals surface area (Å²) in [6.45, 7) is 0. The largest absolute Gasteiger partial charge is 0.490 e. The van der Waals surface area contributed by atoms with E-state index in [1.807, 2.05) is 36.4 Å². The first-order chi connectivity index (χ1) is 15.3. The Morgan fingerprint density at radius 1 is 1.06 bits per heavy atom. The van der Waals surface area contributed by atoms with Gasteiger partial charge >= 0.3 is 12.1 Å². The van der Waals surface area contributed by atoms with E-state index in [1.54, 1.807) is 12.5 Å². The Bertz CT molecular complexity index is 1210. The molecule has 8 nitrogen and oxygen atoms in total. The third-order valence-corrected chi connectivity index (χ3v) is 4.56. The standard InChI is InChI=1S/C19H13N4O2.C2HF3O2/c1-2-4-17-14(3-1)16(9-12-7-8-24-11-12)15-6-5-13(10-18(15)25-17)19-20-22-23-21-19;3-2(4,5)1(6)7/h1-8,10-11H,9H2,(H,20,21,22,23);(H,6,7). The molecule has 32 heavy (non-hydrogen) atoms. The Kier molecular flexibility index (Phi) is 5.63. The highest BCUT2D eigenvalue weighted by atomic mass is 19.4. The van der Waals surface area contributed by atoms with E-state index in [0.717, 1.165) is 40.2 Å². The van der Waals surface area contributed by atoms with Crippen molar-refractivity contribution in [3.63, 3.8) is 0 Å². The van der Waals surface area contributed by atoms with Crippen LogP contribution in [0.3, 0.4) is 0 Å². The number of nitrogens with one attached hydrogen (secondary N) is 1. The molecule has 11 heteroatoms. The predicted octanol–water partition coefficient (Wildman–Crippen LogP) is 4.41. The first kappa shape index (κ1) is 21.1. The van der Waals surface area contributed by atoms with Gasteiger partial charge in [0.2, 0.25) is 0 Å². The zero-order valence-corrected chi connectivity index (χ0v) is 16.1. The lowest BCUT2D eigenvalue weighted by atomic mass is 9.83. The summed E-state index contributed by atoms with van der Waals surface area (Å²) in [5, 5.41) is 21.1. The van der Waals surface area contributed by atoms with Gasteiger partial charge in [0.25, 0.3) is 0 Å². The van der Waals surface area contributed by atoms with Crippen LogP contribution in [0.25, 0.3) is 11.4 Å². The topological polar surface area (TPSA) is 114 Å². The maximum absolute atomic E-state index is 10.6. The van der Waals surface area contributed by atoms with Crippen molar-refractivity contribution in [1.82, 2.24) is 20.6 Å². The Morgan fingerprint density at radius 3 is 2.47 bits per heavy atom. The molecule has 0 fully saturated rings. The number of aliphatic carboxylic acids is 1. The average Bonchev–Trinajstić information content (AvgIpc) is 3.47. The zero-order chi connectivity index (χ0) is 22.7. The number of furan rings is 1. The van der Waals surface area contributed by atoms with E-state index in [1.165, 1.54) is 5.92 Å². The third-order valence-electron chi connectivity index (χ3n) is 4.56. The molecule has 0 saturated carbocycles. The lowest BCUT2D eigenvalue weighted by Gasteiger charge is -2.27. The number of carboxylic acids is 1. The number of carboxylic acid groups (broad SMARTS) is 1. The molecule has 1 aliphatic heterocycles. The van der Waals surface area contributed by atoms with Crippen molar-refractivity contribution in [2.75, 3.05) is 0 Å². The summed E-state index contributed by atoms with van der Waals surface area (Å²) < 4.78 is 43.1. The van der Waals surface area contributed by atoms with Crippen LogP contribution in [0.5, 0.6) is 11.5 Å². The molecule has 0 unspecified atom stereocenters. The van der Waals surface area contributed by atoms with Gasteiger partial charge in [-0.1, -0.05) is 30.3 Å². The molecule has 0 saturated heterocycles. The molecule has 2 aromatic heterocycles. The van der Waals surface area contributed by atoms with Crippen LogP contribution in [0.1, 0.15) is 16.7 Å². The third kappa shape index (κ3) is 4.46. The van der Waals surface area contributed by atoms with Crippen molar-refractivity contribution in [2.24, 2.45) is 0 Å². The molecule has 2 aromatic carbocycles. The van der Waals surface area contributed by atoms with Gasteiger partial charge < -0.3 is 14.3 Å². The predicted molar refractivity (Wildman–Crippen MR) is 104 cm³/mol. The van der Waals surface area contributed by atoms with Crippen LogP contribution in [-0.4, -0.2) is 37.9 Å². The molecule has 0 amide bonds. The summed E-state index contributed by atoms with van der Waals surface area (Å²) in [6.07, 6.45) is -0.839. The fraction of sp³-hybridized carbons (Fsp3) is 0.0952. The fourth-order valence-corrected chi connectivity index (χ4v) is 3.14. The number of hydrogen-bond donors (Lipinski definition) is 2. The van der Waals surface area contributed by atoms with Gasteiger partial charge in [-0.15, -0.1) is 5.10 Å². The van der Waals surface area contributed by atoms with Crippen molar-refractivity contribution in [2.45, 2.75) is 12.6 Å². The normalized spacial score (nSPS) is 12.7. The summed E-state index contributed by atoms with van der Waals surface area (Å²) >= 11 is 0. The number of benzene rings is 2. The van der Waals surface area contributed by atoms with Gasteiger partial charge in [0.15, 0.2) is 5.82 Å². The maximum atomic E-state index is 10.6. The molecule has 0 aliphatic carbocycles. The summed E-state index contributed by atoms with van der Waals surface area (Å²) in [4.78, 5) is 8.90.